The van der Waals surface area contributed by atoms with E-state index in [0.717, 1.165) is 31.7 Å². The number of H-pyrrole nitrogens is 1. The molecule has 1 fully saturated rings. The summed E-state index contributed by atoms with van der Waals surface area (Å²) in [5, 5.41) is 10.4. The van der Waals surface area contributed by atoms with Crippen LogP contribution >= 0.6 is 0 Å². The van der Waals surface area contributed by atoms with Crippen LogP contribution in [0.4, 0.5) is 0 Å². The highest BCUT2D eigenvalue weighted by molar-refractivity contribution is 5.35. The number of nitrogens with one attached hydrogen (secondary N) is 1. The minimum atomic E-state index is -0.365. The monoisotopic (exact) mass is 223 g/mol. The quantitative estimate of drug-likeness (QED) is 0.808. The average Bonchev–Trinajstić information content (AvgIpc) is 2.57. The Hall–Kier alpha value is -0.800. The molecule has 0 radical (unpaired) electrons. The Morgan fingerprint density at radius 1 is 1.19 bits per heavy atom. The van der Waals surface area contributed by atoms with Gasteiger partial charge in [-0.2, -0.15) is 0 Å². The van der Waals surface area contributed by atoms with E-state index in [1.807, 2.05) is 0 Å². The lowest BCUT2D eigenvalue weighted by molar-refractivity contribution is 0.00550. The third-order valence-corrected chi connectivity index (χ3v) is 3.86. The van der Waals surface area contributed by atoms with Gasteiger partial charge in [0.2, 0.25) is 0 Å². The fraction of sp³-hybridized carbons (Fsp3) is 0.692. The number of aromatic nitrogens is 1. The molecule has 1 aromatic rings. The van der Waals surface area contributed by atoms with Crippen molar-refractivity contribution in [2.75, 3.05) is 13.2 Å². The Kier molecular flexibility index (Phi) is 3.36. The molecule has 1 aromatic heterocycles. The van der Waals surface area contributed by atoms with Crippen LogP contribution in [0.3, 0.4) is 0 Å². The van der Waals surface area contributed by atoms with E-state index in [2.05, 4.69) is 25.8 Å². The highest BCUT2D eigenvalue weighted by Gasteiger charge is 2.26. The Bertz CT molecular complexity index is 364. The average molecular weight is 223 g/mol. The third kappa shape index (κ3) is 2.02. The number of aliphatic hydroxyl groups excluding tert-OH is 1. The summed E-state index contributed by atoms with van der Waals surface area (Å²) in [6.07, 6.45) is 1.55. The first kappa shape index (κ1) is 11.7. The molecule has 2 N–H and O–H groups in total. The summed E-state index contributed by atoms with van der Waals surface area (Å²) in [7, 11) is 0. The molecular formula is C13H21NO2. The van der Waals surface area contributed by atoms with Crippen molar-refractivity contribution in [1.29, 1.82) is 0 Å². The van der Waals surface area contributed by atoms with E-state index in [4.69, 9.17) is 4.74 Å². The first-order valence-electron chi connectivity index (χ1n) is 6.02. The van der Waals surface area contributed by atoms with Crippen LogP contribution in [0.1, 0.15) is 41.5 Å². The van der Waals surface area contributed by atoms with Gasteiger partial charge in [-0.25, -0.2) is 0 Å². The van der Waals surface area contributed by atoms with Crippen molar-refractivity contribution < 1.29 is 9.84 Å². The highest BCUT2D eigenvalue weighted by Crippen LogP contribution is 2.32. The molecule has 0 aliphatic carbocycles. The molecule has 1 aliphatic rings. The number of rotatable bonds is 2. The SMILES string of the molecule is Cc1[nH]c(C(O)C2CCOCC2)c(C)c1C. The second kappa shape index (κ2) is 4.60. The molecule has 0 bridgehead atoms. The van der Waals surface area contributed by atoms with Gasteiger partial charge in [-0.1, -0.05) is 0 Å². The van der Waals surface area contributed by atoms with Crippen molar-refractivity contribution >= 4 is 0 Å². The van der Waals surface area contributed by atoms with Gasteiger partial charge < -0.3 is 14.8 Å². The zero-order valence-electron chi connectivity index (χ0n) is 10.3. The van der Waals surface area contributed by atoms with Crippen LogP contribution in [0.15, 0.2) is 0 Å². The lowest BCUT2D eigenvalue weighted by Crippen LogP contribution is -2.22. The fourth-order valence-electron chi connectivity index (χ4n) is 2.44. The summed E-state index contributed by atoms with van der Waals surface area (Å²) in [6, 6.07) is 0. The van der Waals surface area contributed by atoms with Gasteiger partial charge in [0.05, 0.1) is 6.10 Å². The lowest BCUT2D eigenvalue weighted by atomic mass is 9.90. The molecule has 2 rings (SSSR count). The summed E-state index contributed by atoms with van der Waals surface area (Å²) < 4.78 is 5.32. The van der Waals surface area contributed by atoms with E-state index in [1.54, 1.807) is 0 Å². The van der Waals surface area contributed by atoms with E-state index in [9.17, 15) is 5.11 Å². The number of aliphatic hydroxyl groups is 1. The molecule has 2 heterocycles. The highest BCUT2D eigenvalue weighted by atomic mass is 16.5. The van der Waals surface area contributed by atoms with Crippen LogP contribution in [0.2, 0.25) is 0 Å². The van der Waals surface area contributed by atoms with Crippen LogP contribution < -0.4 is 0 Å². The summed E-state index contributed by atoms with van der Waals surface area (Å²) in [5.41, 5.74) is 4.64. The van der Waals surface area contributed by atoms with E-state index in [1.165, 1.54) is 16.8 Å². The van der Waals surface area contributed by atoms with Gasteiger partial charge in [0.1, 0.15) is 0 Å². The molecular weight excluding hydrogens is 202 g/mol. The number of hydrogen-bond acceptors (Lipinski definition) is 2. The van der Waals surface area contributed by atoms with E-state index in [0.29, 0.717) is 5.92 Å². The molecule has 3 nitrogen and oxygen atoms in total. The van der Waals surface area contributed by atoms with E-state index in [-0.39, 0.29) is 6.10 Å². The van der Waals surface area contributed by atoms with Crippen molar-refractivity contribution in [3.8, 4) is 0 Å². The standard InChI is InChI=1S/C13H21NO2/c1-8-9(2)12(14-10(8)3)13(15)11-4-6-16-7-5-11/h11,13-15H,4-7H2,1-3H3. The first-order chi connectivity index (χ1) is 7.61. The van der Waals surface area contributed by atoms with Gasteiger partial charge in [-0.05, 0) is 50.7 Å². The maximum absolute atomic E-state index is 10.4. The summed E-state index contributed by atoms with van der Waals surface area (Å²) in [4.78, 5) is 3.32. The molecule has 1 atom stereocenters. The number of aryl methyl sites for hydroxylation is 1. The van der Waals surface area contributed by atoms with Crippen LogP contribution in [0.25, 0.3) is 0 Å². The predicted octanol–water partition coefficient (Wildman–Crippen LogP) is 2.40. The molecule has 1 unspecified atom stereocenters. The summed E-state index contributed by atoms with van der Waals surface area (Å²) in [6.45, 7) is 7.79. The number of aromatic amines is 1. The van der Waals surface area contributed by atoms with Gasteiger partial charge in [0.15, 0.2) is 0 Å². The zero-order valence-corrected chi connectivity index (χ0v) is 10.3. The Morgan fingerprint density at radius 3 is 2.31 bits per heavy atom. The van der Waals surface area contributed by atoms with Crippen molar-refractivity contribution in [1.82, 2.24) is 4.98 Å². The molecule has 16 heavy (non-hydrogen) atoms. The minimum absolute atomic E-state index is 0.338. The normalized spacial score (nSPS) is 20.0. The van der Waals surface area contributed by atoms with Gasteiger partial charge in [-0.3, -0.25) is 0 Å². The first-order valence-corrected chi connectivity index (χ1v) is 6.02. The third-order valence-electron chi connectivity index (χ3n) is 3.86. The predicted molar refractivity (Wildman–Crippen MR) is 63.5 cm³/mol. The van der Waals surface area contributed by atoms with Gasteiger partial charge >= 0.3 is 0 Å². The molecule has 0 amide bonds. The largest absolute Gasteiger partial charge is 0.387 e. The maximum atomic E-state index is 10.4. The van der Waals surface area contributed by atoms with Gasteiger partial charge in [-0.15, -0.1) is 0 Å². The van der Waals surface area contributed by atoms with E-state index < -0.39 is 0 Å². The van der Waals surface area contributed by atoms with E-state index >= 15 is 0 Å². The van der Waals surface area contributed by atoms with Gasteiger partial charge in [0, 0.05) is 24.6 Å². The van der Waals surface area contributed by atoms with Crippen molar-refractivity contribution in [2.24, 2.45) is 5.92 Å². The lowest BCUT2D eigenvalue weighted by Gasteiger charge is -2.26. The molecule has 0 saturated carbocycles. The Balaban J connectivity index is 2.19. The van der Waals surface area contributed by atoms with Crippen molar-refractivity contribution in [2.45, 2.75) is 39.7 Å². The van der Waals surface area contributed by atoms with Crippen LogP contribution in [0.5, 0.6) is 0 Å². The molecule has 0 spiro atoms. The molecule has 0 aromatic carbocycles. The van der Waals surface area contributed by atoms with Crippen LogP contribution in [-0.4, -0.2) is 23.3 Å². The zero-order chi connectivity index (χ0) is 11.7. The Morgan fingerprint density at radius 2 is 1.81 bits per heavy atom. The summed E-state index contributed by atoms with van der Waals surface area (Å²) in [5.74, 6) is 0.338. The fourth-order valence-corrected chi connectivity index (χ4v) is 2.44. The van der Waals surface area contributed by atoms with Crippen molar-refractivity contribution in [3.05, 3.63) is 22.5 Å². The molecule has 1 saturated heterocycles. The molecule has 1 aliphatic heterocycles. The second-order valence-electron chi connectivity index (χ2n) is 4.81. The van der Waals surface area contributed by atoms with Crippen LogP contribution in [0, 0.1) is 26.7 Å². The number of hydrogen-bond donors (Lipinski definition) is 2. The topological polar surface area (TPSA) is 45.2 Å². The van der Waals surface area contributed by atoms with Crippen molar-refractivity contribution in [3.63, 3.8) is 0 Å². The smallest absolute Gasteiger partial charge is 0.0970 e. The molecule has 90 valence electrons. The molecule has 3 heteroatoms. The Labute approximate surface area is 96.8 Å². The maximum Gasteiger partial charge on any atom is 0.0970 e. The second-order valence-corrected chi connectivity index (χ2v) is 4.81. The number of ether oxygens (including phenoxy) is 1. The van der Waals surface area contributed by atoms with Crippen LogP contribution in [-0.2, 0) is 4.74 Å². The van der Waals surface area contributed by atoms with Gasteiger partial charge in [0.25, 0.3) is 0 Å². The summed E-state index contributed by atoms with van der Waals surface area (Å²) >= 11 is 0. The minimum Gasteiger partial charge on any atom is -0.387 e.